The Bertz CT molecular complexity index is 181. The third kappa shape index (κ3) is 1.50. The maximum absolute atomic E-state index is 6.21. The van der Waals surface area contributed by atoms with Gasteiger partial charge in [-0.2, -0.15) is 0 Å². The summed E-state index contributed by atoms with van der Waals surface area (Å²) >= 11 is 0. The molecule has 1 aliphatic heterocycles. The van der Waals surface area contributed by atoms with E-state index in [0.29, 0.717) is 6.17 Å². The van der Waals surface area contributed by atoms with E-state index in [2.05, 4.69) is 18.9 Å². The lowest BCUT2D eigenvalue weighted by Gasteiger charge is -2.40. The molecule has 2 fully saturated rings. The van der Waals surface area contributed by atoms with Crippen LogP contribution in [-0.4, -0.2) is 24.7 Å². The van der Waals surface area contributed by atoms with Gasteiger partial charge < -0.3 is 5.73 Å². The van der Waals surface area contributed by atoms with Crippen LogP contribution in [0.5, 0.6) is 0 Å². The predicted octanol–water partition coefficient (Wildman–Crippen LogP) is 1.66. The van der Waals surface area contributed by atoms with Crippen LogP contribution in [0.3, 0.4) is 0 Å². The topological polar surface area (TPSA) is 29.3 Å². The van der Waals surface area contributed by atoms with Gasteiger partial charge in [-0.3, -0.25) is 4.90 Å². The molecular formula is C11H22N2. The molecule has 1 saturated heterocycles. The van der Waals surface area contributed by atoms with Crippen molar-refractivity contribution in [3.8, 4) is 0 Å². The number of nitrogens with zero attached hydrogens (tertiary/aromatic N) is 1. The molecule has 4 atom stereocenters. The van der Waals surface area contributed by atoms with E-state index < -0.39 is 0 Å². The minimum absolute atomic E-state index is 0.343. The molecular weight excluding hydrogens is 160 g/mol. The van der Waals surface area contributed by atoms with Crippen molar-refractivity contribution >= 4 is 0 Å². The van der Waals surface area contributed by atoms with Crippen molar-refractivity contribution < 1.29 is 0 Å². The Hall–Kier alpha value is -0.0800. The van der Waals surface area contributed by atoms with Crippen LogP contribution in [0, 0.1) is 17.8 Å². The first-order valence-corrected chi connectivity index (χ1v) is 5.70. The summed E-state index contributed by atoms with van der Waals surface area (Å²) in [7, 11) is 2.17. The quantitative estimate of drug-likeness (QED) is 0.668. The summed E-state index contributed by atoms with van der Waals surface area (Å²) in [6, 6.07) is 0. The lowest BCUT2D eigenvalue weighted by molar-refractivity contribution is 0.0752. The third-order valence-electron chi connectivity index (χ3n) is 4.31. The van der Waals surface area contributed by atoms with Gasteiger partial charge in [0.15, 0.2) is 0 Å². The minimum atomic E-state index is 0.343. The first-order valence-electron chi connectivity index (χ1n) is 5.70. The summed E-state index contributed by atoms with van der Waals surface area (Å²) in [5.41, 5.74) is 6.21. The average molecular weight is 182 g/mol. The van der Waals surface area contributed by atoms with Crippen LogP contribution in [0.15, 0.2) is 0 Å². The first-order chi connectivity index (χ1) is 6.24. The Balaban J connectivity index is 2.06. The second-order valence-corrected chi connectivity index (χ2v) is 4.83. The van der Waals surface area contributed by atoms with E-state index in [4.69, 9.17) is 5.73 Å². The van der Waals surface area contributed by atoms with Crippen molar-refractivity contribution in [3.05, 3.63) is 0 Å². The van der Waals surface area contributed by atoms with E-state index in [1.165, 1.54) is 32.2 Å². The summed E-state index contributed by atoms with van der Waals surface area (Å²) in [5.74, 6) is 2.71. The van der Waals surface area contributed by atoms with E-state index in [9.17, 15) is 0 Å². The summed E-state index contributed by atoms with van der Waals surface area (Å²) in [6.45, 7) is 3.54. The van der Waals surface area contributed by atoms with E-state index in [1.54, 1.807) is 0 Å². The highest BCUT2D eigenvalue weighted by atomic mass is 15.2. The van der Waals surface area contributed by atoms with E-state index in [-0.39, 0.29) is 0 Å². The molecule has 2 rings (SSSR count). The molecule has 2 nitrogen and oxygen atoms in total. The van der Waals surface area contributed by atoms with Crippen LogP contribution in [-0.2, 0) is 0 Å². The molecule has 0 amide bonds. The maximum atomic E-state index is 6.21. The molecule has 76 valence electrons. The summed E-state index contributed by atoms with van der Waals surface area (Å²) in [4.78, 5) is 2.33. The number of nitrogens with two attached hydrogens (primary N) is 1. The Morgan fingerprint density at radius 1 is 1.23 bits per heavy atom. The Kier molecular flexibility index (Phi) is 2.61. The molecule has 2 aliphatic rings. The predicted molar refractivity (Wildman–Crippen MR) is 55.2 cm³/mol. The summed E-state index contributed by atoms with van der Waals surface area (Å²) < 4.78 is 0. The molecule has 4 unspecified atom stereocenters. The van der Waals surface area contributed by atoms with E-state index in [1.807, 2.05) is 0 Å². The molecule has 0 aromatic carbocycles. The zero-order valence-electron chi connectivity index (χ0n) is 8.87. The molecule has 0 bridgehead atoms. The number of piperidine rings is 1. The number of fused-ring (bicyclic) bond motifs is 1. The lowest BCUT2D eigenvalue weighted by atomic mass is 9.81. The largest absolute Gasteiger partial charge is 0.315 e. The zero-order chi connectivity index (χ0) is 9.42. The van der Waals surface area contributed by atoms with Crippen molar-refractivity contribution in [2.45, 2.75) is 38.8 Å². The van der Waals surface area contributed by atoms with E-state index >= 15 is 0 Å². The highest BCUT2D eigenvalue weighted by Crippen LogP contribution is 2.44. The lowest BCUT2D eigenvalue weighted by Crippen LogP contribution is -2.51. The molecule has 2 N–H and O–H groups in total. The molecule has 0 aromatic heterocycles. The number of hydrogen-bond donors (Lipinski definition) is 1. The molecule has 1 heterocycles. The highest BCUT2D eigenvalue weighted by Gasteiger charge is 2.41. The van der Waals surface area contributed by atoms with Crippen LogP contribution in [0.4, 0.5) is 0 Å². The molecule has 13 heavy (non-hydrogen) atoms. The minimum Gasteiger partial charge on any atom is -0.315 e. The molecule has 0 radical (unpaired) electrons. The van der Waals surface area contributed by atoms with Gasteiger partial charge in [0.05, 0.1) is 6.17 Å². The van der Waals surface area contributed by atoms with Crippen molar-refractivity contribution in [3.63, 3.8) is 0 Å². The molecule has 0 aromatic rings. The van der Waals surface area contributed by atoms with Crippen LogP contribution in [0.1, 0.15) is 32.6 Å². The second-order valence-electron chi connectivity index (χ2n) is 4.83. The number of rotatable bonds is 1. The average Bonchev–Trinajstić information content (AvgIpc) is 2.55. The van der Waals surface area contributed by atoms with Gasteiger partial charge in [-0.25, -0.2) is 0 Å². The van der Waals surface area contributed by atoms with Gasteiger partial charge in [-0.1, -0.05) is 13.3 Å². The van der Waals surface area contributed by atoms with Crippen LogP contribution in [0.25, 0.3) is 0 Å². The van der Waals surface area contributed by atoms with Gasteiger partial charge in [0.2, 0.25) is 0 Å². The Morgan fingerprint density at radius 3 is 2.69 bits per heavy atom. The fourth-order valence-corrected chi connectivity index (χ4v) is 3.39. The smallest absolute Gasteiger partial charge is 0.0601 e. The zero-order valence-corrected chi connectivity index (χ0v) is 8.87. The normalized spacial score (nSPS) is 46.4. The fourth-order valence-electron chi connectivity index (χ4n) is 3.39. The molecule has 1 aliphatic carbocycles. The summed E-state index contributed by atoms with van der Waals surface area (Å²) in [5, 5.41) is 0. The first kappa shape index (κ1) is 9.47. The monoisotopic (exact) mass is 182 g/mol. The van der Waals surface area contributed by atoms with Crippen LogP contribution >= 0.6 is 0 Å². The standard InChI is InChI=1S/C11H22N2/c1-3-8-4-5-10-9(8)6-7-13(2)11(10)12/h8-11H,3-7,12H2,1-2H3. The third-order valence-corrected chi connectivity index (χ3v) is 4.31. The second kappa shape index (κ2) is 3.58. The van der Waals surface area contributed by atoms with Crippen molar-refractivity contribution in [2.24, 2.45) is 23.5 Å². The molecule has 2 heteroatoms. The fraction of sp³-hybridized carbons (Fsp3) is 1.00. The van der Waals surface area contributed by atoms with E-state index in [0.717, 1.165) is 17.8 Å². The van der Waals surface area contributed by atoms with Gasteiger partial charge in [-0.05, 0) is 50.6 Å². The van der Waals surface area contributed by atoms with Crippen molar-refractivity contribution in [2.75, 3.05) is 13.6 Å². The number of hydrogen-bond acceptors (Lipinski definition) is 2. The highest BCUT2D eigenvalue weighted by molar-refractivity contribution is 4.92. The maximum Gasteiger partial charge on any atom is 0.0601 e. The van der Waals surface area contributed by atoms with Gasteiger partial charge in [-0.15, -0.1) is 0 Å². The van der Waals surface area contributed by atoms with Gasteiger partial charge in [0, 0.05) is 0 Å². The SMILES string of the molecule is CCC1CCC2C1CCN(C)C2N. The van der Waals surface area contributed by atoms with Gasteiger partial charge in [0.25, 0.3) is 0 Å². The molecule has 0 spiro atoms. The Morgan fingerprint density at radius 2 is 2.00 bits per heavy atom. The van der Waals surface area contributed by atoms with Gasteiger partial charge >= 0.3 is 0 Å². The number of likely N-dealkylation sites (tertiary alicyclic amines) is 1. The van der Waals surface area contributed by atoms with Crippen molar-refractivity contribution in [1.82, 2.24) is 4.90 Å². The molecule has 1 saturated carbocycles. The van der Waals surface area contributed by atoms with Crippen LogP contribution in [0.2, 0.25) is 0 Å². The summed E-state index contributed by atoms with van der Waals surface area (Å²) in [6.07, 6.45) is 5.88. The van der Waals surface area contributed by atoms with Gasteiger partial charge in [0.1, 0.15) is 0 Å². The Labute approximate surface area is 81.5 Å². The van der Waals surface area contributed by atoms with Crippen molar-refractivity contribution in [1.29, 1.82) is 0 Å². The van der Waals surface area contributed by atoms with Crippen LogP contribution < -0.4 is 5.73 Å².